The van der Waals surface area contributed by atoms with Gasteiger partial charge in [0, 0.05) is 23.9 Å². The largest absolute Gasteiger partial charge is 0.372 e. The molecular weight excluding hydrogens is 244 g/mol. The quantitative estimate of drug-likeness (QED) is 0.824. The second-order valence-corrected chi connectivity index (χ2v) is 4.53. The summed E-state index contributed by atoms with van der Waals surface area (Å²) >= 11 is 0. The van der Waals surface area contributed by atoms with Crippen molar-refractivity contribution in [2.24, 2.45) is 5.92 Å². The summed E-state index contributed by atoms with van der Waals surface area (Å²) in [6, 6.07) is 7.06. The summed E-state index contributed by atoms with van der Waals surface area (Å²) in [6.45, 7) is 2.40. The van der Waals surface area contributed by atoms with E-state index in [4.69, 9.17) is 4.74 Å². The van der Waals surface area contributed by atoms with Crippen molar-refractivity contribution in [2.75, 3.05) is 23.8 Å². The first-order valence-corrected chi connectivity index (χ1v) is 6.47. The van der Waals surface area contributed by atoms with Crippen LogP contribution in [0.1, 0.15) is 19.8 Å². The average Bonchev–Trinajstić information content (AvgIpc) is 3.23. The molecule has 2 amide bonds. The van der Waals surface area contributed by atoms with Gasteiger partial charge < -0.3 is 15.4 Å². The lowest BCUT2D eigenvalue weighted by Crippen LogP contribution is -2.18. The molecule has 1 aliphatic rings. The first kappa shape index (κ1) is 13.5. The fourth-order valence-corrected chi connectivity index (χ4v) is 1.62. The van der Waals surface area contributed by atoms with E-state index in [1.807, 2.05) is 6.92 Å². The van der Waals surface area contributed by atoms with Crippen molar-refractivity contribution < 1.29 is 14.3 Å². The van der Waals surface area contributed by atoms with Gasteiger partial charge in [-0.25, -0.2) is 0 Å². The van der Waals surface area contributed by atoms with E-state index in [9.17, 15) is 9.59 Å². The molecule has 0 heterocycles. The molecule has 102 valence electrons. The van der Waals surface area contributed by atoms with E-state index in [0.717, 1.165) is 18.5 Å². The second kappa shape index (κ2) is 6.33. The third-order valence-corrected chi connectivity index (χ3v) is 2.82. The molecular formula is C14H18N2O3. The Morgan fingerprint density at radius 2 is 1.74 bits per heavy atom. The summed E-state index contributed by atoms with van der Waals surface area (Å²) in [7, 11) is 0. The summed E-state index contributed by atoms with van der Waals surface area (Å²) in [4.78, 5) is 23.0. The Kier molecular flexibility index (Phi) is 4.52. The summed E-state index contributed by atoms with van der Waals surface area (Å²) < 4.78 is 5.01. The van der Waals surface area contributed by atoms with Crippen LogP contribution in [-0.2, 0) is 14.3 Å². The molecule has 0 unspecified atom stereocenters. The Hall–Kier alpha value is -1.88. The van der Waals surface area contributed by atoms with Gasteiger partial charge in [0.05, 0.1) is 0 Å². The van der Waals surface area contributed by atoms with Gasteiger partial charge in [0.1, 0.15) is 6.61 Å². The first-order valence-electron chi connectivity index (χ1n) is 6.47. The smallest absolute Gasteiger partial charge is 0.250 e. The minimum absolute atomic E-state index is 0.0522. The van der Waals surface area contributed by atoms with Crippen LogP contribution in [0.15, 0.2) is 24.3 Å². The Morgan fingerprint density at radius 1 is 1.16 bits per heavy atom. The number of carbonyl (C=O) groups excluding carboxylic acids is 2. The third-order valence-electron chi connectivity index (χ3n) is 2.82. The highest BCUT2D eigenvalue weighted by atomic mass is 16.5. The van der Waals surface area contributed by atoms with Gasteiger partial charge in [-0.05, 0) is 44.0 Å². The number of carbonyl (C=O) groups is 2. The zero-order valence-corrected chi connectivity index (χ0v) is 10.9. The fraction of sp³-hybridized carbons (Fsp3) is 0.429. The van der Waals surface area contributed by atoms with E-state index in [0.29, 0.717) is 12.3 Å². The monoisotopic (exact) mass is 262 g/mol. The predicted molar refractivity (Wildman–Crippen MR) is 72.9 cm³/mol. The molecule has 19 heavy (non-hydrogen) atoms. The van der Waals surface area contributed by atoms with E-state index < -0.39 is 0 Å². The van der Waals surface area contributed by atoms with Crippen molar-refractivity contribution in [3.63, 3.8) is 0 Å². The molecule has 1 aromatic carbocycles. The minimum Gasteiger partial charge on any atom is -0.372 e. The summed E-state index contributed by atoms with van der Waals surface area (Å²) in [6.07, 6.45) is 1.97. The average molecular weight is 262 g/mol. The highest BCUT2D eigenvalue weighted by molar-refractivity contribution is 5.95. The number of amides is 2. The van der Waals surface area contributed by atoms with E-state index >= 15 is 0 Å². The van der Waals surface area contributed by atoms with Crippen molar-refractivity contribution in [3.8, 4) is 0 Å². The maximum absolute atomic E-state index is 11.6. The zero-order valence-electron chi connectivity index (χ0n) is 10.9. The van der Waals surface area contributed by atoms with E-state index in [1.54, 1.807) is 24.3 Å². The van der Waals surface area contributed by atoms with Gasteiger partial charge in [0.2, 0.25) is 11.8 Å². The zero-order chi connectivity index (χ0) is 13.7. The summed E-state index contributed by atoms with van der Waals surface area (Å²) in [5.41, 5.74) is 1.44. The second-order valence-electron chi connectivity index (χ2n) is 4.53. The number of hydrogen-bond donors (Lipinski definition) is 2. The maximum atomic E-state index is 11.6. The standard InChI is InChI=1S/C14H18N2O3/c1-2-19-9-13(17)15-11-5-7-12(8-6-11)16-14(18)10-3-4-10/h5-8,10H,2-4,9H2,1H3,(H,15,17)(H,16,18). The van der Waals surface area contributed by atoms with Gasteiger partial charge in [-0.1, -0.05) is 0 Å². The van der Waals surface area contributed by atoms with Crippen molar-refractivity contribution in [3.05, 3.63) is 24.3 Å². The lowest BCUT2D eigenvalue weighted by molar-refractivity contribution is -0.120. The molecule has 0 aliphatic heterocycles. The lowest BCUT2D eigenvalue weighted by Gasteiger charge is -2.07. The van der Waals surface area contributed by atoms with Gasteiger partial charge in [-0.3, -0.25) is 9.59 Å². The molecule has 0 saturated heterocycles. The first-order chi connectivity index (χ1) is 9.19. The molecule has 2 N–H and O–H groups in total. The highest BCUT2D eigenvalue weighted by Gasteiger charge is 2.29. The summed E-state index contributed by atoms with van der Waals surface area (Å²) in [5.74, 6) is 0.0790. The predicted octanol–water partition coefficient (Wildman–Crippen LogP) is 2.01. The molecule has 1 aliphatic carbocycles. The topological polar surface area (TPSA) is 67.4 Å². The van der Waals surface area contributed by atoms with Crippen LogP contribution in [0.3, 0.4) is 0 Å². The fourth-order valence-electron chi connectivity index (χ4n) is 1.62. The third kappa shape index (κ3) is 4.37. The van der Waals surface area contributed by atoms with Crippen LogP contribution in [0.2, 0.25) is 0 Å². The molecule has 5 heteroatoms. The number of ether oxygens (including phenoxy) is 1. The van der Waals surface area contributed by atoms with Gasteiger partial charge in [-0.2, -0.15) is 0 Å². The van der Waals surface area contributed by atoms with Crippen LogP contribution in [0.5, 0.6) is 0 Å². The van der Waals surface area contributed by atoms with Gasteiger partial charge in [0.25, 0.3) is 0 Å². The number of nitrogens with one attached hydrogen (secondary N) is 2. The molecule has 5 nitrogen and oxygen atoms in total. The van der Waals surface area contributed by atoms with E-state index in [2.05, 4.69) is 10.6 Å². The number of rotatable bonds is 6. The van der Waals surface area contributed by atoms with Crippen LogP contribution < -0.4 is 10.6 Å². The molecule has 0 spiro atoms. The Bertz CT molecular complexity index is 452. The molecule has 2 rings (SSSR count). The van der Waals surface area contributed by atoms with Crippen molar-refractivity contribution in [1.29, 1.82) is 0 Å². The number of hydrogen-bond acceptors (Lipinski definition) is 3. The number of benzene rings is 1. The van der Waals surface area contributed by atoms with Crippen molar-refractivity contribution in [1.82, 2.24) is 0 Å². The van der Waals surface area contributed by atoms with Crippen LogP contribution in [0.25, 0.3) is 0 Å². The van der Waals surface area contributed by atoms with Crippen LogP contribution >= 0.6 is 0 Å². The highest BCUT2D eigenvalue weighted by Crippen LogP contribution is 2.30. The van der Waals surface area contributed by atoms with E-state index in [-0.39, 0.29) is 24.3 Å². The van der Waals surface area contributed by atoms with Crippen molar-refractivity contribution >= 4 is 23.2 Å². The maximum Gasteiger partial charge on any atom is 0.250 e. The molecule has 1 fully saturated rings. The Balaban J connectivity index is 1.83. The molecule has 0 bridgehead atoms. The normalized spacial score (nSPS) is 13.9. The van der Waals surface area contributed by atoms with Gasteiger partial charge >= 0.3 is 0 Å². The molecule has 0 atom stereocenters. The molecule has 1 aromatic rings. The molecule has 0 radical (unpaired) electrons. The van der Waals surface area contributed by atoms with Gasteiger partial charge in [0.15, 0.2) is 0 Å². The Labute approximate surface area is 112 Å². The van der Waals surface area contributed by atoms with Crippen LogP contribution in [-0.4, -0.2) is 25.0 Å². The van der Waals surface area contributed by atoms with Gasteiger partial charge in [-0.15, -0.1) is 0 Å². The Morgan fingerprint density at radius 3 is 2.26 bits per heavy atom. The SMILES string of the molecule is CCOCC(=O)Nc1ccc(NC(=O)C2CC2)cc1. The lowest BCUT2D eigenvalue weighted by atomic mass is 10.2. The van der Waals surface area contributed by atoms with Crippen LogP contribution in [0.4, 0.5) is 11.4 Å². The molecule has 1 saturated carbocycles. The van der Waals surface area contributed by atoms with Crippen LogP contribution in [0, 0.1) is 5.92 Å². The minimum atomic E-state index is -0.184. The van der Waals surface area contributed by atoms with E-state index in [1.165, 1.54) is 0 Å². The molecule has 0 aromatic heterocycles. The summed E-state index contributed by atoms with van der Waals surface area (Å²) in [5, 5.41) is 5.56. The number of anilines is 2. The van der Waals surface area contributed by atoms with Crippen molar-refractivity contribution in [2.45, 2.75) is 19.8 Å².